The first-order valence-corrected chi connectivity index (χ1v) is 19.2. The number of unbranched alkanes of at least 4 members (excludes halogenated alkanes) is 4. The van der Waals surface area contributed by atoms with Crippen molar-refractivity contribution in [2.45, 2.75) is 91.0 Å². The highest BCUT2D eigenvalue weighted by Crippen LogP contribution is 2.42. The van der Waals surface area contributed by atoms with Crippen LogP contribution >= 0.6 is 11.3 Å². The molecule has 52 heavy (non-hydrogen) atoms. The number of hydrogen-bond acceptors (Lipinski definition) is 7. The summed E-state index contributed by atoms with van der Waals surface area (Å²) >= 11 is 1.75. The Morgan fingerprint density at radius 3 is 2.50 bits per heavy atom. The van der Waals surface area contributed by atoms with Gasteiger partial charge in [0.05, 0.1) is 12.8 Å². The molecule has 0 spiro atoms. The fourth-order valence-electron chi connectivity index (χ4n) is 7.20. The number of aryl methyl sites for hydroxylation is 2. The topological polar surface area (TPSA) is 103 Å². The molecule has 0 saturated heterocycles. The Morgan fingerprint density at radius 1 is 0.962 bits per heavy atom. The van der Waals surface area contributed by atoms with Gasteiger partial charge >= 0.3 is 5.97 Å². The van der Waals surface area contributed by atoms with Crippen LogP contribution in [0.1, 0.15) is 88.1 Å². The summed E-state index contributed by atoms with van der Waals surface area (Å²) in [4.78, 5) is 24.2. The normalized spacial score (nSPS) is 16.1. The maximum absolute atomic E-state index is 11.0. The number of carboxylic acid groups (broad SMARTS) is 2. The number of aliphatic carboxylic acids is 2. The van der Waals surface area contributed by atoms with E-state index in [1.54, 1.807) is 18.4 Å². The second-order valence-corrected chi connectivity index (χ2v) is 14.8. The minimum absolute atomic E-state index is 0.0980. The lowest BCUT2D eigenvalue weighted by Gasteiger charge is -2.20. The second kappa shape index (κ2) is 17.1. The van der Waals surface area contributed by atoms with Crippen molar-refractivity contribution in [3.8, 4) is 11.5 Å². The Labute approximate surface area is 310 Å². The minimum atomic E-state index is -0.988. The molecule has 0 unspecified atom stereocenters. The summed E-state index contributed by atoms with van der Waals surface area (Å²) in [7, 11) is 1.70. The van der Waals surface area contributed by atoms with Crippen LogP contribution in [-0.4, -0.2) is 30.7 Å². The summed E-state index contributed by atoms with van der Waals surface area (Å²) in [5.41, 5.74) is 7.20. The lowest BCUT2D eigenvalue weighted by Crippen LogP contribution is -2.35. The van der Waals surface area contributed by atoms with E-state index in [4.69, 9.17) is 14.6 Å². The smallest absolute Gasteiger partial charge is 0.303 e. The van der Waals surface area contributed by atoms with Crippen LogP contribution in [0.3, 0.4) is 0 Å². The molecule has 0 radical (unpaired) electrons. The van der Waals surface area contributed by atoms with E-state index >= 15 is 0 Å². The number of methoxy groups -OCH3 is 1. The van der Waals surface area contributed by atoms with Crippen molar-refractivity contribution in [3.05, 3.63) is 99.9 Å². The van der Waals surface area contributed by atoms with Gasteiger partial charge in [-0.25, -0.2) is 0 Å². The molecule has 1 aromatic heterocycles. The summed E-state index contributed by atoms with van der Waals surface area (Å²) in [5.74, 6) is 0.775. The number of allylic oxidation sites excluding steroid dienone is 6. The number of carboxylic acids is 2. The fourth-order valence-corrected chi connectivity index (χ4v) is 8.30. The molecule has 2 heterocycles. The number of nitrogens with zero attached hydrogens (tertiary/aromatic N) is 2. The van der Waals surface area contributed by atoms with Gasteiger partial charge in [0.1, 0.15) is 10.4 Å². The molecule has 1 aliphatic carbocycles. The molecule has 1 N–H and O–H groups in total. The minimum Gasteiger partial charge on any atom is -0.550 e. The molecule has 8 nitrogen and oxygen atoms in total. The number of benzene rings is 3. The Kier molecular flexibility index (Phi) is 12.1. The van der Waals surface area contributed by atoms with Crippen LogP contribution < -0.4 is 24.0 Å². The quantitative estimate of drug-likeness (QED) is 0.0912. The monoisotopic (exact) mass is 720 g/mol. The van der Waals surface area contributed by atoms with Gasteiger partial charge in [0.25, 0.3) is 5.01 Å². The number of aromatic nitrogens is 1. The Bertz CT molecular complexity index is 2090. The zero-order valence-electron chi connectivity index (χ0n) is 30.4. The van der Waals surface area contributed by atoms with E-state index < -0.39 is 11.9 Å². The van der Waals surface area contributed by atoms with Crippen molar-refractivity contribution in [1.82, 2.24) is 0 Å². The third kappa shape index (κ3) is 8.76. The predicted molar refractivity (Wildman–Crippen MR) is 207 cm³/mol. The third-order valence-electron chi connectivity index (χ3n) is 10.1. The highest BCUT2D eigenvalue weighted by molar-refractivity contribution is 7.18. The van der Waals surface area contributed by atoms with Crippen molar-refractivity contribution in [3.63, 3.8) is 0 Å². The lowest BCUT2D eigenvalue weighted by molar-refractivity contribution is -0.669. The van der Waals surface area contributed by atoms with Crippen LogP contribution in [-0.2, 0) is 16.1 Å². The van der Waals surface area contributed by atoms with E-state index in [2.05, 4.69) is 84.0 Å². The van der Waals surface area contributed by atoms with E-state index in [1.807, 2.05) is 12.1 Å². The number of fused-ring (bicyclic) bond motifs is 3. The number of thiazole rings is 1. The fraction of sp³-hybridized carbons (Fsp3) is 0.372. The summed E-state index contributed by atoms with van der Waals surface area (Å²) < 4.78 is 15.6. The summed E-state index contributed by atoms with van der Waals surface area (Å²) in [6, 6.07) is 16.9. The third-order valence-corrected chi connectivity index (χ3v) is 11.2. The maximum Gasteiger partial charge on any atom is 0.303 e. The molecule has 0 amide bonds. The Hall–Kier alpha value is -4.89. The summed E-state index contributed by atoms with van der Waals surface area (Å²) in [5, 5.41) is 23.4. The van der Waals surface area contributed by atoms with Gasteiger partial charge < -0.3 is 29.4 Å². The Morgan fingerprint density at radius 2 is 1.73 bits per heavy atom. The van der Waals surface area contributed by atoms with E-state index in [-0.39, 0.29) is 12.8 Å². The second-order valence-electron chi connectivity index (χ2n) is 13.7. The average molecular weight is 721 g/mol. The number of ether oxygens (including phenoxy) is 2. The molecule has 272 valence electrons. The van der Waals surface area contributed by atoms with Crippen LogP contribution in [0.15, 0.2) is 89.4 Å². The number of carbonyl (C=O) groups excluding carboxylic acids is 1. The zero-order valence-corrected chi connectivity index (χ0v) is 31.2. The van der Waals surface area contributed by atoms with Crippen molar-refractivity contribution in [1.29, 1.82) is 0 Å². The summed E-state index contributed by atoms with van der Waals surface area (Å²) in [6.45, 7) is 5.84. The van der Waals surface area contributed by atoms with Crippen LogP contribution in [0.4, 0.5) is 5.69 Å². The van der Waals surface area contributed by atoms with Gasteiger partial charge in [0, 0.05) is 43.6 Å². The number of anilines is 1. The van der Waals surface area contributed by atoms with E-state index in [0.717, 1.165) is 107 Å². The highest BCUT2D eigenvalue weighted by atomic mass is 32.1. The van der Waals surface area contributed by atoms with Crippen LogP contribution in [0.5, 0.6) is 11.5 Å². The molecule has 0 saturated carbocycles. The van der Waals surface area contributed by atoms with Crippen molar-refractivity contribution >= 4 is 56.0 Å². The molecular weight excluding hydrogens is 673 g/mol. The molecule has 4 aromatic rings. The molecule has 3 aromatic carbocycles. The molecule has 2 aliphatic rings. The molecule has 1 aliphatic heterocycles. The number of hydrogen-bond donors (Lipinski definition) is 1. The standard InChI is InChI=1S/C43H48N2O6S/c1-29-25-36-39(28-37(29)50-3)52-41(45(36)24-11-5-7-18-43(48)49)22-20-32-16-12-15-31(30(32)2)19-21-40-44(23-10-4-6-17-42(46)47)35-26-33-13-8-9-14-34(33)27-38(35)51-40/h8-9,13-14,19-22,25-28H,4-7,10-12,15-18,23-24H2,1-3H3,(H-,46,47,48,49). The van der Waals surface area contributed by atoms with E-state index in [0.29, 0.717) is 12.8 Å². The Balaban J connectivity index is 1.25. The molecule has 0 bridgehead atoms. The first-order valence-electron chi connectivity index (χ1n) is 18.4. The van der Waals surface area contributed by atoms with Crippen LogP contribution in [0.2, 0.25) is 0 Å². The van der Waals surface area contributed by atoms with Gasteiger partial charge in [-0.3, -0.25) is 4.79 Å². The number of rotatable bonds is 16. The van der Waals surface area contributed by atoms with Gasteiger partial charge in [0.15, 0.2) is 12.3 Å². The van der Waals surface area contributed by atoms with Gasteiger partial charge in [-0.1, -0.05) is 54.2 Å². The lowest BCUT2D eigenvalue weighted by atomic mass is 9.88. The van der Waals surface area contributed by atoms with Crippen molar-refractivity contribution in [2.75, 3.05) is 18.6 Å². The molecule has 0 fully saturated rings. The van der Waals surface area contributed by atoms with Gasteiger partial charge in [-0.15, -0.1) is 0 Å². The first-order chi connectivity index (χ1) is 25.2. The molecule has 9 heteroatoms. The van der Waals surface area contributed by atoms with Crippen LogP contribution in [0.25, 0.3) is 27.1 Å². The van der Waals surface area contributed by atoms with E-state index in [1.165, 1.54) is 22.2 Å². The molecule has 0 atom stereocenters. The maximum atomic E-state index is 11.0. The van der Waals surface area contributed by atoms with Crippen molar-refractivity contribution in [2.24, 2.45) is 0 Å². The molecular formula is C43H48N2O6S. The zero-order chi connectivity index (χ0) is 36.6. The van der Waals surface area contributed by atoms with Gasteiger partial charge in [0.2, 0.25) is 11.4 Å². The predicted octanol–water partition coefficient (Wildman–Crippen LogP) is 8.79. The SMILES string of the molecule is COc1cc2sc(/C=C/C3=C(C)C(=C/C=C4\Oc5cc6ccccc6cc5N4CCCCCC(=O)O)/CCC3)[n+](CCCCCC(=O)[O-])c2cc1C. The van der Waals surface area contributed by atoms with E-state index in [9.17, 15) is 14.7 Å². The largest absolute Gasteiger partial charge is 0.550 e. The highest BCUT2D eigenvalue weighted by Gasteiger charge is 2.27. The molecule has 6 rings (SSSR count). The number of carbonyl (C=O) groups is 2. The van der Waals surface area contributed by atoms with Crippen molar-refractivity contribution < 1.29 is 33.8 Å². The van der Waals surface area contributed by atoms with Gasteiger partial charge in [-0.05, 0) is 116 Å². The van der Waals surface area contributed by atoms with Gasteiger partial charge in [-0.2, -0.15) is 4.57 Å². The van der Waals surface area contributed by atoms with Crippen LogP contribution in [0, 0.1) is 6.92 Å². The first kappa shape index (κ1) is 36.9. The summed E-state index contributed by atoms with van der Waals surface area (Å²) in [6.07, 6.45) is 16.9. The average Bonchev–Trinajstić information content (AvgIpc) is 3.64.